The number of benzene rings is 2. The van der Waals surface area contributed by atoms with Crippen LogP contribution in [0.1, 0.15) is 60.1 Å². The molecule has 2 aromatic carbocycles. The minimum Gasteiger partial charge on any atom is -0.507 e. The van der Waals surface area contributed by atoms with Gasteiger partial charge in [-0.05, 0) is 36.2 Å². The largest absolute Gasteiger partial charge is 0.507 e. The smallest absolute Gasteiger partial charge is 0.290 e. The van der Waals surface area contributed by atoms with Crippen LogP contribution in [0.2, 0.25) is 5.02 Å². The summed E-state index contributed by atoms with van der Waals surface area (Å²) in [5.74, 6) is 2.45. The van der Waals surface area contributed by atoms with E-state index in [4.69, 9.17) is 26.0 Å². The summed E-state index contributed by atoms with van der Waals surface area (Å²) in [5, 5.41) is 31.7. The zero-order valence-corrected chi connectivity index (χ0v) is 26.3. The lowest BCUT2D eigenvalue weighted by Crippen LogP contribution is -2.72. The predicted octanol–water partition coefficient (Wildman–Crippen LogP) is 7.48. The van der Waals surface area contributed by atoms with Gasteiger partial charge in [0.15, 0.2) is 11.6 Å². The molecule has 2 aliphatic heterocycles. The van der Waals surface area contributed by atoms with Crippen LogP contribution in [0.4, 0.5) is 11.5 Å². The topological polar surface area (TPSA) is 116 Å². The second-order valence-electron chi connectivity index (χ2n) is 10.5. The van der Waals surface area contributed by atoms with Gasteiger partial charge in [-0.15, -0.1) is 10.2 Å². The van der Waals surface area contributed by atoms with Gasteiger partial charge >= 0.3 is 0 Å². The highest BCUT2D eigenvalue weighted by atomic mass is 35.5. The molecule has 4 aromatic rings. The van der Waals surface area contributed by atoms with Gasteiger partial charge in [-0.1, -0.05) is 83.4 Å². The fraction of sp³-hybridized carbons (Fsp3) is 0.438. The second kappa shape index (κ2) is 14.4. The SMILES string of the molecule is CC.CC.CC(C)C(C)c1onc(N2CC3(CN(c4ccc5cc(-c6ccccc6O)nnc5c4)C3)C2)c1Cl.O=CO. The molecule has 2 aromatic heterocycles. The molecule has 1 atom stereocenters. The number of rotatable bonds is 5. The molecular formula is C32H42ClN5O4. The Morgan fingerprint density at radius 3 is 2.19 bits per heavy atom. The molecule has 1 spiro atoms. The van der Waals surface area contributed by atoms with Crippen molar-refractivity contribution in [3.8, 4) is 17.0 Å². The fourth-order valence-corrected chi connectivity index (χ4v) is 5.53. The first-order chi connectivity index (χ1) is 20.2. The summed E-state index contributed by atoms with van der Waals surface area (Å²) in [7, 11) is 0. The Morgan fingerprint density at radius 2 is 1.57 bits per heavy atom. The number of halogens is 1. The standard InChI is InChI=1S/C27H28ClN5O2.2C2H6.CH2O2/c1-16(2)17(3)25-24(28)26(31-35-25)33-14-27(15-33)12-32(13-27)19-9-8-18-10-22(30-29-21(18)11-19)20-6-4-5-7-23(20)34;2*1-2;2-1-3/h4-11,16-17,34H,12-15H2,1-3H3;2*1-2H3;1H,(H,2,3). The minimum absolute atomic E-state index is 0.204. The lowest BCUT2D eigenvalue weighted by atomic mass is 9.72. The van der Waals surface area contributed by atoms with Gasteiger partial charge in [0.05, 0.1) is 11.2 Å². The Kier molecular flexibility index (Phi) is 11.2. The number of anilines is 2. The first-order valence-corrected chi connectivity index (χ1v) is 14.9. The van der Waals surface area contributed by atoms with E-state index >= 15 is 0 Å². The van der Waals surface area contributed by atoms with Crippen molar-refractivity contribution in [1.82, 2.24) is 15.4 Å². The maximum Gasteiger partial charge on any atom is 0.290 e. The van der Waals surface area contributed by atoms with Gasteiger partial charge in [0, 0.05) is 54.1 Å². The van der Waals surface area contributed by atoms with Crippen molar-refractivity contribution in [3.63, 3.8) is 0 Å². The average Bonchev–Trinajstić information content (AvgIpc) is 3.34. The van der Waals surface area contributed by atoms with E-state index in [1.807, 2.05) is 45.9 Å². The van der Waals surface area contributed by atoms with Crippen molar-refractivity contribution in [2.24, 2.45) is 11.3 Å². The van der Waals surface area contributed by atoms with Crippen molar-refractivity contribution in [1.29, 1.82) is 0 Å². The van der Waals surface area contributed by atoms with Crippen LogP contribution in [0.25, 0.3) is 22.2 Å². The molecule has 2 aliphatic rings. The van der Waals surface area contributed by atoms with Gasteiger partial charge in [-0.3, -0.25) is 4.79 Å². The van der Waals surface area contributed by atoms with E-state index in [9.17, 15) is 5.11 Å². The molecule has 0 aliphatic carbocycles. The van der Waals surface area contributed by atoms with Crippen LogP contribution in [-0.2, 0) is 4.79 Å². The van der Waals surface area contributed by atoms with Crippen LogP contribution in [0.3, 0.4) is 0 Å². The number of hydrogen-bond acceptors (Lipinski definition) is 8. The van der Waals surface area contributed by atoms with Crippen molar-refractivity contribution < 1.29 is 19.5 Å². The van der Waals surface area contributed by atoms with E-state index in [0.717, 1.165) is 54.3 Å². The molecule has 10 heteroatoms. The highest BCUT2D eigenvalue weighted by molar-refractivity contribution is 6.33. The first-order valence-electron chi connectivity index (χ1n) is 14.5. The number of phenols is 1. The van der Waals surface area contributed by atoms with Crippen LogP contribution < -0.4 is 9.80 Å². The van der Waals surface area contributed by atoms with E-state index in [2.05, 4.69) is 64.1 Å². The Labute approximate surface area is 253 Å². The number of nitrogens with zero attached hydrogens (tertiary/aromatic N) is 5. The number of aromatic hydroxyl groups is 1. The summed E-state index contributed by atoms with van der Waals surface area (Å²) >= 11 is 6.63. The monoisotopic (exact) mass is 595 g/mol. The van der Waals surface area contributed by atoms with E-state index in [1.165, 1.54) is 0 Å². The third-order valence-electron chi connectivity index (χ3n) is 7.58. The molecule has 0 saturated carbocycles. The molecule has 4 heterocycles. The molecular weight excluding hydrogens is 554 g/mol. The highest BCUT2D eigenvalue weighted by Crippen LogP contribution is 2.46. The van der Waals surface area contributed by atoms with Crippen LogP contribution in [0.15, 0.2) is 53.1 Å². The molecule has 9 nitrogen and oxygen atoms in total. The number of fused-ring (bicyclic) bond motifs is 1. The normalized spacial score (nSPS) is 15.3. The first kappa shape index (κ1) is 32.7. The summed E-state index contributed by atoms with van der Waals surface area (Å²) in [4.78, 5) is 13.0. The minimum atomic E-state index is -0.250. The summed E-state index contributed by atoms with van der Waals surface area (Å²) < 4.78 is 5.61. The van der Waals surface area contributed by atoms with Crippen LogP contribution >= 0.6 is 11.6 Å². The molecule has 2 fully saturated rings. The molecule has 42 heavy (non-hydrogen) atoms. The Hall–Kier alpha value is -3.85. The molecule has 0 amide bonds. The second-order valence-corrected chi connectivity index (χ2v) is 10.9. The molecule has 1 unspecified atom stereocenters. The number of hydrogen-bond donors (Lipinski definition) is 2. The van der Waals surface area contributed by atoms with Gasteiger partial charge in [0.2, 0.25) is 0 Å². The molecule has 2 saturated heterocycles. The molecule has 2 N–H and O–H groups in total. The summed E-state index contributed by atoms with van der Waals surface area (Å²) in [6.45, 7) is 18.0. The van der Waals surface area contributed by atoms with Gasteiger partial charge in [0.25, 0.3) is 6.47 Å². The zero-order valence-electron chi connectivity index (χ0n) is 25.5. The van der Waals surface area contributed by atoms with Gasteiger partial charge in [-0.2, -0.15) is 0 Å². The number of para-hydroxylation sites is 1. The molecule has 0 bridgehead atoms. The molecule has 0 radical (unpaired) electrons. The Bertz CT molecular complexity index is 1460. The van der Waals surface area contributed by atoms with E-state index < -0.39 is 0 Å². The van der Waals surface area contributed by atoms with Gasteiger partial charge < -0.3 is 24.5 Å². The summed E-state index contributed by atoms with van der Waals surface area (Å²) in [5.41, 5.74) is 3.61. The lowest BCUT2D eigenvalue weighted by molar-refractivity contribution is -0.122. The fourth-order valence-electron chi connectivity index (χ4n) is 5.17. The predicted molar refractivity (Wildman–Crippen MR) is 170 cm³/mol. The van der Waals surface area contributed by atoms with Crippen LogP contribution in [-0.4, -0.2) is 58.2 Å². The number of aromatic nitrogens is 3. The van der Waals surface area contributed by atoms with Crippen molar-refractivity contribution >= 4 is 40.5 Å². The third-order valence-corrected chi connectivity index (χ3v) is 7.93. The summed E-state index contributed by atoms with van der Waals surface area (Å²) in [6, 6.07) is 15.5. The highest BCUT2D eigenvalue weighted by Gasteiger charge is 2.53. The van der Waals surface area contributed by atoms with E-state index in [0.29, 0.717) is 22.2 Å². The van der Waals surface area contributed by atoms with Crippen LogP contribution in [0, 0.1) is 11.3 Å². The van der Waals surface area contributed by atoms with E-state index in [1.54, 1.807) is 12.1 Å². The maximum atomic E-state index is 10.1. The Morgan fingerprint density at radius 1 is 0.952 bits per heavy atom. The quantitative estimate of drug-likeness (QED) is 0.226. The lowest BCUT2D eigenvalue weighted by Gasteiger charge is -2.61. The maximum absolute atomic E-state index is 10.1. The average molecular weight is 596 g/mol. The molecule has 226 valence electrons. The van der Waals surface area contributed by atoms with Crippen LogP contribution in [0.5, 0.6) is 5.75 Å². The zero-order chi connectivity index (χ0) is 31.0. The number of phenolic OH excluding ortho intramolecular Hbond substituents is 1. The van der Waals surface area contributed by atoms with Gasteiger partial charge in [-0.25, -0.2) is 0 Å². The van der Waals surface area contributed by atoms with Crippen molar-refractivity contribution in [3.05, 3.63) is 59.3 Å². The number of carboxylic acid groups (broad SMARTS) is 1. The Balaban J connectivity index is 0.000000640. The van der Waals surface area contributed by atoms with Crippen molar-refractivity contribution in [2.45, 2.75) is 54.4 Å². The van der Waals surface area contributed by atoms with Crippen molar-refractivity contribution in [2.75, 3.05) is 36.0 Å². The number of carbonyl (C=O) groups is 1. The van der Waals surface area contributed by atoms with E-state index in [-0.39, 0.29) is 23.6 Å². The van der Waals surface area contributed by atoms with Gasteiger partial charge in [0.1, 0.15) is 10.8 Å². The molecule has 6 rings (SSSR count). The summed E-state index contributed by atoms with van der Waals surface area (Å²) in [6.07, 6.45) is 0. The third kappa shape index (κ3) is 6.62.